The van der Waals surface area contributed by atoms with Crippen LogP contribution in [0.1, 0.15) is 20.8 Å². The molecule has 3 heterocycles. The molecule has 1 aromatic carbocycles. The summed E-state index contributed by atoms with van der Waals surface area (Å²) < 4.78 is 27.1. The monoisotopic (exact) mass is 486 g/mol. The van der Waals surface area contributed by atoms with Crippen molar-refractivity contribution in [1.29, 1.82) is 0 Å². The van der Waals surface area contributed by atoms with Crippen LogP contribution < -0.4 is 10.2 Å². The molecule has 0 bridgehead atoms. The molecular formula is C23H27FN6O5. The minimum Gasteiger partial charge on any atom is -0.444 e. The molecule has 3 aromatic rings. The van der Waals surface area contributed by atoms with E-state index in [1.165, 1.54) is 18.3 Å². The summed E-state index contributed by atoms with van der Waals surface area (Å²) in [5.74, 6) is -0.230. The number of carbonyl (C=O) groups is 1. The van der Waals surface area contributed by atoms with Crippen molar-refractivity contribution < 1.29 is 23.6 Å². The van der Waals surface area contributed by atoms with Crippen LogP contribution in [0, 0.1) is 15.9 Å². The normalized spacial score (nSPS) is 16.4. The number of alkyl carbamates (subject to hydrolysis) is 1. The predicted molar refractivity (Wildman–Crippen MR) is 127 cm³/mol. The molecule has 35 heavy (non-hydrogen) atoms. The Morgan fingerprint density at radius 3 is 2.83 bits per heavy atom. The summed E-state index contributed by atoms with van der Waals surface area (Å²) in [5, 5.41) is 14.7. The zero-order valence-electron chi connectivity index (χ0n) is 19.9. The zero-order chi connectivity index (χ0) is 25.3. The van der Waals surface area contributed by atoms with Gasteiger partial charge in [-0.1, -0.05) is 0 Å². The standard InChI is InChI=1S/C23H27FN6O5/c1-23(2,3)35-22(31)26-11-14-13-34-10-9-29(14)20-18(30(32)33)6-5-17-19(20)27-21(28(17)4)15-7-8-25-12-16(15)24/h5-8,12,14H,9-11,13H2,1-4H3,(H,26,31)/t14-/m0/s1. The Labute approximate surface area is 201 Å². The summed E-state index contributed by atoms with van der Waals surface area (Å²) in [4.78, 5) is 34.0. The minimum absolute atomic E-state index is 0.137. The van der Waals surface area contributed by atoms with Crippen molar-refractivity contribution in [3.63, 3.8) is 0 Å². The highest BCUT2D eigenvalue weighted by Gasteiger charge is 2.33. The van der Waals surface area contributed by atoms with Crippen LogP contribution in [-0.2, 0) is 16.5 Å². The Balaban J connectivity index is 1.77. The van der Waals surface area contributed by atoms with Gasteiger partial charge < -0.3 is 24.3 Å². The number of ether oxygens (including phenoxy) is 2. The molecule has 0 spiro atoms. The first-order chi connectivity index (χ1) is 16.6. The van der Waals surface area contributed by atoms with Crippen LogP contribution in [-0.4, -0.2) is 63.5 Å². The van der Waals surface area contributed by atoms with E-state index in [2.05, 4.69) is 15.3 Å². The number of nitro groups is 1. The van der Waals surface area contributed by atoms with Gasteiger partial charge in [-0.25, -0.2) is 14.2 Å². The molecule has 1 N–H and O–H groups in total. The van der Waals surface area contributed by atoms with Gasteiger partial charge in [-0.2, -0.15) is 0 Å². The molecule has 1 saturated heterocycles. The number of fused-ring (bicyclic) bond motifs is 1. The number of carbonyl (C=O) groups excluding carboxylic acids is 1. The third kappa shape index (κ3) is 5.02. The van der Waals surface area contributed by atoms with Crippen molar-refractivity contribution in [2.24, 2.45) is 7.05 Å². The summed E-state index contributed by atoms with van der Waals surface area (Å²) in [5.41, 5.74) is 0.686. The Bertz CT molecular complexity index is 1270. The van der Waals surface area contributed by atoms with Crippen LogP contribution in [0.15, 0.2) is 30.6 Å². The van der Waals surface area contributed by atoms with Crippen LogP contribution in [0.25, 0.3) is 22.4 Å². The number of nitrogens with zero attached hydrogens (tertiary/aromatic N) is 5. The van der Waals surface area contributed by atoms with Crippen molar-refractivity contribution in [2.75, 3.05) is 31.2 Å². The molecule has 1 fully saturated rings. The number of anilines is 1. The maximum atomic E-state index is 14.5. The highest BCUT2D eigenvalue weighted by atomic mass is 19.1. The molecule has 186 valence electrons. The highest BCUT2D eigenvalue weighted by molar-refractivity contribution is 5.96. The summed E-state index contributed by atoms with van der Waals surface area (Å²) in [6, 6.07) is 4.11. The maximum absolute atomic E-state index is 14.5. The van der Waals surface area contributed by atoms with Gasteiger partial charge in [0.2, 0.25) is 0 Å². The fourth-order valence-corrected chi connectivity index (χ4v) is 4.10. The first-order valence-corrected chi connectivity index (χ1v) is 11.1. The fraction of sp³-hybridized carbons (Fsp3) is 0.435. The molecule has 2 aromatic heterocycles. The molecule has 0 radical (unpaired) electrons. The van der Waals surface area contributed by atoms with Crippen molar-refractivity contribution >= 4 is 28.5 Å². The lowest BCUT2D eigenvalue weighted by Crippen LogP contribution is -2.52. The lowest BCUT2D eigenvalue weighted by Gasteiger charge is -2.37. The van der Waals surface area contributed by atoms with Crippen molar-refractivity contribution in [2.45, 2.75) is 32.4 Å². The number of halogens is 1. The number of pyridine rings is 1. The number of hydrogen-bond donors (Lipinski definition) is 1. The molecule has 1 aliphatic heterocycles. The first-order valence-electron chi connectivity index (χ1n) is 11.1. The average molecular weight is 487 g/mol. The molecule has 4 rings (SSSR count). The van der Waals surface area contributed by atoms with Crippen molar-refractivity contribution in [3.8, 4) is 11.4 Å². The second kappa shape index (κ2) is 9.45. The van der Waals surface area contributed by atoms with Gasteiger partial charge in [0.1, 0.15) is 22.6 Å². The second-order valence-corrected chi connectivity index (χ2v) is 9.21. The number of amides is 1. The molecule has 0 unspecified atom stereocenters. The van der Waals surface area contributed by atoms with E-state index in [9.17, 15) is 19.3 Å². The van der Waals surface area contributed by atoms with Gasteiger partial charge in [0, 0.05) is 32.4 Å². The predicted octanol–water partition coefficient (Wildman–Crippen LogP) is 3.41. The van der Waals surface area contributed by atoms with E-state index in [4.69, 9.17) is 9.47 Å². The van der Waals surface area contributed by atoms with E-state index in [0.717, 1.165) is 6.20 Å². The van der Waals surface area contributed by atoms with Gasteiger partial charge in [0.15, 0.2) is 5.82 Å². The Morgan fingerprint density at radius 2 is 2.14 bits per heavy atom. The Kier molecular flexibility index (Phi) is 6.57. The molecule has 11 nitrogen and oxygen atoms in total. The van der Waals surface area contributed by atoms with Crippen LogP contribution in [0.4, 0.5) is 20.6 Å². The summed E-state index contributed by atoms with van der Waals surface area (Å²) >= 11 is 0. The van der Waals surface area contributed by atoms with Crippen molar-refractivity contribution in [1.82, 2.24) is 19.9 Å². The van der Waals surface area contributed by atoms with Gasteiger partial charge in [-0.3, -0.25) is 15.1 Å². The van der Waals surface area contributed by atoms with Gasteiger partial charge in [-0.15, -0.1) is 0 Å². The number of benzene rings is 1. The quantitative estimate of drug-likeness (QED) is 0.430. The fourth-order valence-electron chi connectivity index (χ4n) is 4.10. The number of aromatic nitrogens is 3. The number of imidazole rings is 1. The third-order valence-electron chi connectivity index (χ3n) is 5.61. The molecule has 0 saturated carbocycles. The first kappa shape index (κ1) is 24.3. The van der Waals surface area contributed by atoms with Crippen LogP contribution >= 0.6 is 0 Å². The largest absolute Gasteiger partial charge is 0.444 e. The van der Waals surface area contributed by atoms with Gasteiger partial charge >= 0.3 is 6.09 Å². The number of morpholine rings is 1. The Morgan fingerprint density at radius 1 is 1.37 bits per heavy atom. The number of nitrogens with one attached hydrogen (secondary N) is 1. The number of nitro benzene ring substituents is 1. The SMILES string of the molecule is Cn1c(-c2ccncc2F)nc2c(N3CCOC[C@@H]3CNC(=O)OC(C)(C)C)c([N+](=O)[O-])ccc21. The molecule has 1 aliphatic rings. The minimum atomic E-state index is -0.663. The molecule has 1 atom stereocenters. The lowest BCUT2D eigenvalue weighted by atomic mass is 10.1. The van der Waals surface area contributed by atoms with E-state index in [0.29, 0.717) is 35.7 Å². The van der Waals surface area contributed by atoms with E-state index in [1.54, 1.807) is 38.5 Å². The van der Waals surface area contributed by atoms with E-state index in [1.807, 2.05) is 4.90 Å². The maximum Gasteiger partial charge on any atom is 0.407 e. The van der Waals surface area contributed by atoms with E-state index < -0.39 is 28.5 Å². The van der Waals surface area contributed by atoms with E-state index >= 15 is 0 Å². The molecular weight excluding hydrogens is 459 g/mol. The van der Waals surface area contributed by atoms with E-state index in [-0.39, 0.29) is 24.4 Å². The number of aryl methyl sites for hydroxylation is 1. The van der Waals surface area contributed by atoms with Gasteiger partial charge in [0.25, 0.3) is 5.69 Å². The average Bonchev–Trinajstić information content (AvgIpc) is 3.13. The van der Waals surface area contributed by atoms with Crippen LogP contribution in [0.3, 0.4) is 0 Å². The number of hydrogen-bond acceptors (Lipinski definition) is 8. The second-order valence-electron chi connectivity index (χ2n) is 9.21. The summed E-state index contributed by atoms with van der Waals surface area (Å²) in [6.45, 7) is 6.35. The topological polar surface area (TPSA) is 125 Å². The smallest absolute Gasteiger partial charge is 0.407 e. The summed E-state index contributed by atoms with van der Waals surface area (Å²) in [6.07, 6.45) is 1.96. The van der Waals surface area contributed by atoms with Gasteiger partial charge in [-0.05, 0) is 32.9 Å². The molecule has 0 aliphatic carbocycles. The molecule has 12 heteroatoms. The summed E-state index contributed by atoms with van der Waals surface area (Å²) in [7, 11) is 1.72. The van der Waals surface area contributed by atoms with Crippen molar-refractivity contribution in [3.05, 3.63) is 46.5 Å². The molecule has 1 amide bonds. The zero-order valence-corrected chi connectivity index (χ0v) is 19.9. The number of rotatable bonds is 5. The van der Waals surface area contributed by atoms with Crippen LogP contribution in [0.5, 0.6) is 0 Å². The lowest BCUT2D eigenvalue weighted by molar-refractivity contribution is -0.384. The highest BCUT2D eigenvalue weighted by Crippen LogP contribution is 2.39. The Hall–Kier alpha value is -3.80. The van der Waals surface area contributed by atoms with Crippen LogP contribution in [0.2, 0.25) is 0 Å². The van der Waals surface area contributed by atoms with Gasteiger partial charge in [0.05, 0.1) is 41.5 Å². The third-order valence-corrected chi connectivity index (χ3v) is 5.61.